The number of aliphatic imine (C=N–C) groups is 1. The first-order valence-electron chi connectivity index (χ1n) is 9.61. The van der Waals surface area contributed by atoms with Crippen LogP contribution in [-0.4, -0.2) is 57.3 Å². The van der Waals surface area contributed by atoms with Gasteiger partial charge in [0.2, 0.25) is 0 Å². The third-order valence-corrected chi connectivity index (χ3v) is 5.81. The standard InChI is InChI=1S/C21H30N4OS.HI/c1-17-5-3-6-18(15-17)8-9-23-21(22-2)24-16-19(20-7-4-14-27-20)25-10-12-26-13-11-25;/h3-7,14-15,19H,8-13,16H2,1-2H3,(H2,22,23,24);1H. The molecule has 1 aromatic carbocycles. The second-order valence-electron chi connectivity index (χ2n) is 6.80. The molecule has 1 aliphatic rings. The number of hydrogen-bond donors (Lipinski definition) is 2. The van der Waals surface area contributed by atoms with Crippen LogP contribution in [0.4, 0.5) is 0 Å². The predicted octanol–water partition coefficient (Wildman–Crippen LogP) is 3.46. The van der Waals surface area contributed by atoms with Gasteiger partial charge in [-0.25, -0.2) is 0 Å². The van der Waals surface area contributed by atoms with Crippen LogP contribution in [0, 0.1) is 6.92 Å². The van der Waals surface area contributed by atoms with Gasteiger partial charge >= 0.3 is 0 Å². The highest BCUT2D eigenvalue weighted by Crippen LogP contribution is 2.25. The minimum Gasteiger partial charge on any atom is -0.379 e. The molecule has 0 radical (unpaired) electrons. The van der Waals surface area contributed by atoms with Gasteiger partial charge in [0.25, 0.3) is 0 Å². The topological polar surface area (TPSA) is 48.9 Å². The van der Waals surface area contributed by atoms with Crippen LogP contribution in [0.25, 0.3) is 0 Å². The van der Waals surface area contributed by atoms with Gasteiger partial charge in [-0.1, -0.05) is 35.9 Å². The summed E-state index contributed by atoms with van der Waals surface area (Å²) >= 11 is 1.82. The number of rotatable bonds is 7. The van der Waals surface area contributed by atoms with E-state index >= 15 is 0 Å². The van der Waals surface area contributed by atoms with Gasteiger partial charge in [0.15, 0.2) is 5.96 Å². The molecule has 0 amide bonds. The van der Waals surface area contributed by atoms with Crippen LogP contribution in [0.2, 0.25) is 0 Å². The zero-order valence-electron chi connectivity index (χ0n) is 16.7. The molecule has 2 heterocycles. The highest BCUT2D eigenvalue weighted by Gasteiger charge is 2.23. The zero-order chi connectivity index (χ0) is 18.9. The zero-order valence-corrected chi connectivity index (χ0v) is 19.8. The van der Waals surface area contributed by atoms with Crippen molar-refractivity contribution in [2.75, 3.05) is 46.4 Å². The number of nitrogens with one attached hydrogen (secondary N) is 2. The van der Waals surface area contributed by atoms with Crippen molar-refractivity contribution in [2.45, 2.75) is 19.4 Å². The maximum absolute atomic E-state index is 5.52. The smallest absolute Gasteiger partial charge is 0.191 e. The summed E-state index contributed by atoms with van der Waals surface area (Å²) in [6.45, 7) is 7.41. The molecule has 0 aliphatic carbocycles. The Labute approximate surface area is 189 Å². The molecule has 1 unspecified atom stereocenters. The predicted molar refractivity (Wildman–Crippen MR) is 129 cm³/mol. The molecule has 1 aliphatic heterocycles. The SMILES string of the molecule is CN=C(NCCc1cccc(C)c1)NCC(c1cccs1)N1CCOCC1.I. The largest absolute Gasteiger partial charge is 0.379 e. The van der Waals surface area contributed by atoms with Gasteiger partial charge in [-0.2, -0.15) is 0 Å². The monoisotopic (exact) mass is 514 g/mol. The Bertz CT molecular complexity index is 717. The minimum atomic E-state index is 0. The normalized spacial score (nSPS) is 16.3. The Morgan fingerprint density at radius 2 is 2.04 bits per heavy atom. The summed E-state index contributed by atoms with van der Waals surface area (Å²) in [5.41, 5.74) is 2.65. The fourth-order valence-electron chi connectivity index (χ4n) is 3.39. The van der Waals surface area contributed by atoms with E-state index in [-0.39, 0.29) is 24.0 Å². The molecule has 154 valence electrons. The van der Waals surface area contributed by atoms with E-state index in [1.54, 1.807) is 0 Å². The van der Waals surface area contributed by atoms with Crippen LogP contribution in [0.1, 0.15) is 22.0 Å². The first kappa shape index (κ1) is 23.1. The van der Waals surface area contributed by atoms with E-state index in [1.807, 2.05) is 18.4 Å². The summed E-state index contributed by atoms with van der Waals surface area (Å²) in [5, 5.41) is 9.11. The Kier molecular flexibility index (Phi) is 10.3. The van der Waals surface area contributed by atoms with Gasteiger partial charge in [0, 0.05) is 38.1 Å². The van der Waals surface area contributed by atoms with Crippen LogP contribution in [0.3, 0.4) is 0 Å². The van der Waals surface area contributed by atoms with Crippen molar-refractivity contribution in [1.29, 1.82) is 0 Å². The van der Waals surface area contributed by atoms with Gasteiger partial charge in [-0.05, 0) is 30.4 Å². The first-order valence-corrected chi connectivity index (χ1v) is 10.5. The minimum absolute atomic E-state index is 0. The molecular formula is C21H31IN4OS. The number of halogens is 1. The quantitative estimate of drug-likeness (QED) is 0.338. The Morgan fingerprint density at radius 1 is 1.21 bits per heavy atom. The molecule has 1 aromatic heterocycles. The van der Waals surface area contributed by atoms with E-state index in [4.69, 9.17) is 4.74 Å². The van der Waals surface area contributed by atoms with Crippen LogP contribution < -0.4 is 10.6 Å². The van der Waals surface area contributed by atoms with Gasteiger partial charge in [0.1, 0.15) is 0 Å². The molecule has 1 saturated heterocycles. The number of aryl methyl sites for hydroxylation is 1. The van der Waals surface area contributed by atoms with E-state index in [1.165, 1.54) is 16.0 Å². The molecule has 2 aromatic rings. The Hall–Kier alpha value is -1.16. The van der Waals surface area contributed by atoms with Gasteiger partial charge < -0.3 is 15.4 Å². The summed E-state index contributed by atoms with van der Waals surface area (Å²) < 4.78 is 5.52. The number of thiophene rings is 1. The molecular weight excluding hydrogens is 483 g/mol. The number of ether oxygens (including phenoxy) is 1. The van der Waals surface area contributed by atoms with Crippen molar-refractivity contribution in [3.05, 3.63) is 57.8 Å². The van der Waals surface area contributed by atoms with Crippen molar-refractivity contribution >= 4 is 41.3 Å². The fraction of sp³-hybridized carbons (Fsp3) is 0.476. The highest BCUT2D eigenvalue weighted by atomic mass is 127. The van der Waals surface area contributed by atoms with Crippen molar-refractivity contribution in [3.8, 4) is 0 Å². The second-order valence-corrected chi connectivity index (χ2v) is 7.78. The molecule has 1 atom stereocenters. The van der Waals surface area contributed by atoms with Gasteiger partial charge in [-0.3, -0.25) is 9.89 Å². The first-order chi connectivity index (χ1) is 13.3. The highest BCUT2D eigenvalue weighted by molar-refractivity contribution is 14.0. The van der Waals surface area contributed by atoms with Crippen molar-refractivity contribution < 1.29 is 4.74 Å². The third-order valence-electron chi connectivity index (χ3n) is 4.83. The third kappa shape index (κ3) is 7.02. The maximum Gasteiger partial charge on any atom is 0.191 e. The van der Waals surface area contributed by atoms with Gasteiger partial charge in [-0.15, -0.1) is 35.3 Å². The van der Waals surface area contributed by atoms with Crippen LogP contribution in [0.15, 0.2) is 46.8 Å². The average molecular weight is 514 g/mol. The molecule has 5 nitrogen and oxygen atoms in total. The van der Waals surface area contributed by atoms with E-state index in [9.17, 15) is 0 Å². The van der Waals surface area contributed by atoms with Crippen molar-refractivity contribution in [2.24, 2.45) is 4.99 Å². The lowest BCUT2D eigenvalue weighted by molar-refractivity contribution is 0.0177. The van der Waals surface area contributed by atoms with Crippen LogP contribution >= 0.6 is 35.3 Å². The number of guanidine groups is 1. The molecule has 28 heavy (non-hydrogen) atoms. The average Bonchev–Trinajstić information content (AvgIpc) is 3.22. The molecule has 1 fully saturated rings. The molecule has 2 N–H and O–H groups in total. The lowest BCUT2D eigenvalue weighted by Gasteiger charge is -2.34. The van der Waals surface area contributed by atoms with Crippen molar-refractivity contribution in [3.63, 3.8) is 0 Å². The second kappa shape index (κ2) is 12.4. The number of hydrogen-bond acceptors (Lipinski definition) is 4. The van der Waals surface area contributed by atoms with Gasteiger partial charge in [0.05, 0.1) is 19.3 Å². The number of morpholine rings is 1. The van der Waals surface area contributed by atoms with E-state index in [2.05, 4.69) is 69.2 Å². The fourth-order valence-corrected chi connectivity index (χ4v) is 4.25. The number of nitrogens with zero attached hydrogens (tertiary/aromatic N) is 2. The van der Waals surface area contributed by atoms with Crippen LogP contribution in [-0.2, 0) is 11.2 Å². The maximum atomic E-state index is 5.52. The lowest BCUT2D eigenvalue weighted by Crippen LogP contribution is -2.46. The molecule has 0 spiro atoms. The summed E-state index contributed by atoms with van der Waals surface area (Å²) in [7, 11) is 1.83. The summed E-state index contributed by atoms with van der Waals surface area (Å²) in [6, 6.07) is 13.4. The Morgan fingerprint density at radius 3 is 2.71 bits per heavy atom. The molecule has 3 rings (SSSR count). The number of benzene rings is 1. The summed E-state index contributed by atoms with van der Waals surface area (Å²) in [4.78, 5) is 8.28. The lowest BCUT2D eigenvalue weighted by atomic mass is 10.1. The van der Waals surface area contributed by atoms with E-state index < -0.39 is 0 Å². The molecule has 0 bridgehead atoms. The Balaban J connectivity index is 0.00000280. The van der Waals surface area contributed by atoms with E-state index in [0.717, 1.165) is 51.8 Å². The molecule has 0 saturated carbocycles. The van der Waals surface area contributed by atoms with Crippen molar-refractivity contribution in [1.82, 2.24) is 15.5 Å². The van der Waals surface area contributed by atoms with E-state index in [0.29, 0.717) is 6.04 Å². The summed E-state index contributed by atoms with van der Waals surface area (Å²) in [6.07, 6.45) is 0.986. The van der Waals surface area contributed by atoms with Crippen LogP contribution in [0.5, 0.6) is 0 Å². The molecule has 7 heteroatoms. The summed E-state index contributed by atoms with van der Waals surface area (Å²) in [5.74, 6) is 0.859.